The van der Waals surface area contributed by atoms with Crippen molar-refractivity contribution in [1.82, 2.24) is 15.0 Å². The van der Waals surface area contributed by atoms with Crippen LogP contribution in [-0.4, -0.2) is 20.1 Å². The highest BCUT2D eigenvalue weighted by Crippen LogP contribution is 2.17. The molecule has 0 aliphatic carbocycles. The molecule has 0 atom stereocenters. The molecule has 0 unspecified atom stereocenters. The van der Waals surface area contributed by atoms with Crippen LogP contribution >= 0.6 is 23.2 Å². The van der Waals surface area contributed by atoms with Crippen LogP contribution < -0.4 is 5.32 Å². The van der Waals surface area contributed by atoms with Gasteiger partial charge in [-0.1, -0.05) is 12.1 Å². The van der Waals surface area contributed by atoms with Gasteiger partial charge in [0, 0.05) is 5.69 Å². The molecule has 0 radical (unpaired) electrons. The molecule has 7 heteroatoms. The summed E-state index contributed by atoms with van der Waals surface area (Å²) < 4.78 is 0. The van der Waals surface area contributed by atoms with Gasteiger partial charge < -0.3 is 10.4 Å². The van der Waals surface area contributed by atoms with E-state index in [1.807, 2.05) is 6.07 Å². The SMILES string of the molecule is OCc1cccc(Nc2nc(Cl)nc(Cl)n2)c1. The predicted molar refractivity (Wildman–Crippen MR) is 65.5 cm³/mol. The Morgan fingerprint density at radius 2 is 1.82 bits per heavy atom. The first-order valence-electron chi connectivity index (χ1n) is 4.71. The van der Waals surface area contributed by atoms with Gasteiger partial charge in [0.2, 0.25) is 16.5 Å². The quantitative estimate of drug-likeness (QED) is 0.897. The molecule has 17 heavy (non-hydrogen) atoms. The Morgan fingerprint density at radius 3 is 2.47 bits per heavy atom. The lowest BCUT2D eigenvalue weighted by molar-refractivity contribution is 0.282. The van der Waals surface area contributed by atoms with Crippen LogP contribution in [0.4, 0.5) is 11.6 Å². The van der Waals surface area contributed by atoms with Crippen molar-refractivity contribution in [2.75, 3.05) is 5.32 Å². The Kier molecular flexibility index (Phi) is 3.73. The first kappa shape index (κ1) is 12.0. The Morgan fingerprint density at radius 1 is 1.12 bits per heavy atom. The highest BCUT2D eigenvalue weighted by Gasteiger charge is 2.03. The third kappa shape index (κ3) is 3.26. The molecular weight excluding hydrogens is 263 g/mol. The molecule has 1 aromatic heterocycles. The van der Waals surface area contributed by atoms with E-state index in [0.29, 0.717) is 0 Å². The molecule has 2 N–H and O–H groups in total. The van der Waals surface area contributed by atoms with Crippen molar-refractivity contribution in [2.24, 2.45) is 0 Å². The summed E-state index contributed by atoms with van der Waals surface area (Å²) in [6.45, 7) is -0.0335. The molecule has 0 spiro atoms. The van der Waals surface area contributed by atoms with Crippen molar-refractivity contribution < 1.29 is 5.11 Å². The topological polar surface area (TPSA) is 70.9 Å². The number of nitrogens with zero attached hydrogens (tertiary/aromatic N) is 3. The summed E-state index contributed by atoms with van der Waals surface area (Å²) in [7, 11) is 0. The van der Waals surface area contributed by atoms with Gasteiger partial charge in [-0.25, -0.2) is 0 Å². The minimum atomic E-state index is -0.0335. The van der Waals surface area contributed by atoms with Gasteiger partial charge in [0.1, 0.15) is 0 Å². The Balaban J connectivity index is 2.24. The summed E-state index contributed by atoms with van der Waals surface area (Å²) in [5.41, 5.74) is 1.51. The minimum absolute atomic E-state index is 0.0193. The molecule has 1 aromatic carbocycles. The third-order valence-corrected chi connectivity index (χ3v) is 2.28. The summed E-state index contributed by atoms with van der Waals surface area (Å²) in [4.78, 5) is 11.4. The smallest absolute Gasteiger partial charge is 0.232 e. The Hall–Kier alpha value is -1.43. The molecule has 2 aromatic rings. The van der Waals surface area contributed by atoms with Crippen molar-refractivity contribution >= 4 is 34.8 Å². The Labute approximate surface area is 107 Å². The van der Waals surface area contributed by atoms with Crippen molar-refractivity contribution in [3.63, 3.8) is 0 Å². The van der Waals surface area contributed by atoms with E-state index in [1.165, 1.54) is 0 Å². The molecule has 0 fully saturated rings. The van der Waals surface area contributed by atoms with Crippen molar-refractivity contribution in [2.45, 2.75) is 6.61 Å². The number of aliphatic hydroxyl groups excluding tert-OH is 1. The number of nitrogens with one attached hydrogen (secondary N) is 1. The van der Waals surface area contributed by atoms with E-state index in [1.54, 1.807) is 18.2 Å². The number of hydrogen-bond donors (Lipinski definition) is 2. The molecule has 0 aliphatic heterocycles. The van der Waals surface area contributed by atoms with Gasteiger partial charge in [-0.15, -0.1) is 0 Å². The fourth-order valence-electron chi connectivity index (χ4n) is 1.26. The van der Waals surface area contributed by atoms with Crippen LogP contribution in [0, 0.1) is 0 Å². The lowest BCUT2D eigenvalue weighted by Crippen LogP contribution is -1.99. The average molecular weight is 271 g/mol. The van der Waals surface area contributed by atoms with Crippen LogP contribution in [0.1, 0.15) is 5.56 Å². The zero-order chi connectivity index (χ0) is 12.3. The second-order valence-electron chi connectivity index (χ2n) is 3.18. The number of aromatic nitrogens is 3. The Bertz CT molecular complexity index is 515. The monoisotopic (exact) mass is 270 g/mol. The lowest BCUT2D eigenvalue weighted by Gasteiger charge is -2.06. The summed E-state index contributed by atoms with van der Waals surface area (Å²) >= 11 is 11.3. The maximum atomic E-state index is 9.01. The van der Waals surface area contributed by atoms with Crippen molar-refractivity contribution in [1.29, 1.82) is 0 Å². The van der Waals surface area contributed by atoms with E-state index in [0.717, 1.165) is 11.3 Å². The van der Waals surface area contributed by atoms with Gasteiger partial charge >= 0.3 is 0 Å². The molecular formula is C10H8Cl2N4O. The van der Waals surface area contributed by atoms with Gasteiger partial charge in [0.05, 0.1) is 6.61 Å². The highest BCUT2D eigenvalue weighted by atomic mass is 35.5. The highest BCUT2D eigenvalue weighted by molar-refractivity contribution is 6.31. The summed E-state index contributed by atoms with van der Waals surface area (Å²) in [5, 5.41) is 12.0. The van der Waals surface area contributed by atoms with Crippen molar-refractivity contribution in [3.05, 3.63) is 40.4 Å². The normalized spacial score (nSPS) is 10.3. The van der Waals surface area contributed by atoms with Gasteiger partial charge in [-0.05, 0) is 40.9 Å². The van der Waals surface area contributed by atoms with E-state index in [4.69, 9.17) is 28.3 Å². The van der Waals surface area contributed by atoms with Crippen LogP contribution in [0.3, 0.4) is 0 Å². The lowest BCUT2D eigenvalue weighted by atomic mass is 10.2. The summed E-state index contributed by atoms with van der Waals surface area (Å²) in [5.74, 6) is 0.255. The minimum Gasteiger partial charge on any atom is -0.392 e. The number of halogens is 2. The number of anilines is 2. The molecule has 88 valence electrons. The van der Waals surface area contributed by atoms with Gasteiger partial charge in [0.15, 0.2) is 0 Å². The zero-order valence-corrected chi connectivity index (χ0v) is 10.1. The van der Waals surface area contributed by atoms with E-state index in [-0.39, 0.29) is 23.1 Å². The molecule has 0 saturated heterocycles. The summed E-state index contributed by atoms with van der Waals surface area (Å²) in [6.07, 6.45) is 0. The average Bonchev–Trinajstić information content (AvgIpc) is 2.28. The van der Waals surface area contributed by atoms with Gasteiger partial charge in [-0.2, -0.15) is 15.0 Å². The molecule has 1 heterocycles. The first-order valence-corrected chi connectivity index (χ1v) is 5.47. The third-order valence-electron chi connectivity index (χ3n) is 1.95. The van der Waals surface area contributed by atoms with Crippen LogP contribution in [-0.2, 0) is 6.61 Å². The molecule has 0 saturated carbocycles. The number of aliphatic hydroxyl groups is 1. The molecule has 0 amide bonds. The van der Waals surface area contributed by atoms with E-state index in [2.05, 4.69) is 20.3 Å². The molecule has 0 bridgehead atoms. The van der Waals surface area contributed by atoms with Gasteiger partial charge in [0.25, 0.3) is 0 Å². The van der Waals surface area contributed by atoms with E-state index < -0.39 is 0 Å². The fraction of sp³-hybridized carbons (Fsp3) is 0.100. The fourth-order valence-corrected chi connectivity index (χ4v) is 1.62. The molecule has 5 nitrogen and oxygen atoms in total. The zero-order valence-electron chi connectivity index (χ0n) is 8.56. The van der Waals surface area contributed by atoms with E-state index >= 15 is 0 Å². The maximum absolute atomic E-state index is 9.01. The largest absolute Gasteiger partial charge is 0.392 e. The van der Waals surface area contributed by atoms with E-state index in [9.17, 15) is 0 Å². The maximum Gasteiger partial charge on any atom is 0.232 e. The summed E-state index contributed by atoms with van der Waals surface area (Å²) in [6, 6.07) is 7.19. The van der Waals surface area contributed by atoms with Crippen LogP contribution in [0.25, 0.3) is 0 Å². The van der Waals surface area contributed by atoms with Gasteiger partial charge in [-0.3, -0.25) is 0 Å². The first-order chi connectivity index (χ1) is 8.17. The second-order valence-corrected chi connectivity index (χ2v) is 3.86. The number of rotatable bonds is 3. The number of hydrogen-bond acceptors (Lipinski definition) is 5. The second kappa shape index (κ2) is 5.27. The van der Waals surface area contributed by atoms with Crippen LogP contribution in [0.15, 0.2) is 24.3 Å². The van der Waals surface area contributed by atoms with Crippen molar-refractivity contribution in [3.8, 4) is 0 Å². The van der Waals surface area contributed by atoms with Crippen LogP contribution in [0.2, 0.25) is 10.6 Å². The molecule has 0 aliphatic rings. The predicted octanol–water partition coefficient (Wildman–Crippen LogP) is 2.41. The van der Waals surface area contributed by atoms with Crippen LogP contribution in [0.5, 0.6) is 0 Å². The standard InChI is InChI=1S/C10H8Cl2N4O/c11-8-14-9(12)16-10(15-8)13-7-3-1-2-6(4-7)5-17/h1-4,17H,5H2,(H,13,14,15,16). The number of benzene rings is 1. The molecule has 2 rings (SSSR count).